The van der Waals surface area contributed by atoms with Crippen LogP contribution in [0.2, 0.25) is 5.02 Å². The molecule has 1 heterocycles. The number of nitrogens with zero attached hydrogens (tertiary/aromatic N) is 2. The predicted octanol–water partition coefficient (Wildman–Crippen LogP) is 3.47. The van der Waals surface area contributed by atoms with Crippen molar-refractivity contribution >= 4 is 17.5 Å². The maximum Gasteiger partial charge on any atom is 0.397 e. The van der Waals surface area contributed by atoms with Crippen LogP contribution in [0.5, 0.6) is 5.75 Å². The summed E-state index contributed by atoms with van der Waals surface area (Å²) in [6.45, 7) is 3.44. The summed E-state index contributed by atoms with van der Waals surface area (Å²) < 4.78 is 46.8. The molecule has 2 aromatic rings. The fraction of sp³-hybridized carbons (Fsp3) is 0.312. The minimum absolute atomic E-state index is 0.0389. The molecular weight excluding hydrogens is 375 g/mol. The van der Waals surface area contributed by atoms with E-state index in [1.54, 1.807) is 24.3 Å². The second kappa shape index (κ2) is 8.70. The van der Waals surface area contributed by atoms with E-state index in [9.17, 15) is 18.0 Å². The number of aryl methyl sites for hydroxylation is 1. The van der Waals surface area contributed by atoms with Crippen LogP contribution >= 0.6 is 11.6 Å². The van der Waals surface area contributed by atoms with Gasteiger partial charge >= 0.3 is 6.18 Å². The largest absolute Gasteiger partial charge is 0.484 e. The third kappa shape index (κ3) is 7.14. The molecule has 26 heavy (non-hydrogen) atoms. The van der Waals surface area contributed by atoms with Gasteiger partial charge in [-0.3, -0.25) is 4.79 Å². The van der Waals surface area contributed by atoms with Gasteiger partial charge in [0.05, 0.1) is 0 Å². The molecule has 1 aromatic carbocycles. The van der Waals surface area contributed by atoms with E-state index >= 15 is 0 Å². The van der Waals surface area contributed by atoms with Crippen molar-refractivity contribution in [2.45, 2.75) is 25.4 Å². The van der Waals surface area contributed by atoms with Gasteiger partial charge in [-0.15, -0.1) is 10.2 Å². The molecule has 0 aliphatic rings. The predicted molar refractivity (Wildman–Crippen MR) is 86.6 cm³/mol. The van der Waals surface area contributed by atoms with Crippen molar-refractivity contribution in [3.63, 3.8) is 0 Å². The average molecular weight is 390 g/mol. The van der Waals surface area contributed by atoms with Gasteiger partial charge in [-0.25, -0.2) is 0 Å². The highest BCUT2D eigenvalue weighted by Crippen LogP contribution is 2.20. The Morgan fingerprint density at radius 1 is 1.23 bits per heavy atom. The summed E-state index contributed by atoms with van der Waals surface area (Å²) in [5, 5.41) is 9.93. The monoisotopic (exact) mass is 389 g/mol. The first kappa shape index (κ1) is 19.8. The molecule has 0 bridgehead atoms. The minimum Gasteiger partial charge on any atom is -0.484 e. The minimum atomic E-state index is -4.41. The number of benzene rings is 1. The molecule has 140 valence electrons. The van der Waals surface area contributed by atoms with E-state index in [0.29, 0.717) is 16.5 Å². The van der Waals surface area contributed by atoms with E-state index in [-0.39, 0.29) is 25.3 Å². The normalized spacial score (nSPS) is 11.2. The van der Waals surface area contributed by atoms with Gasteiger partial charge in [-0.1, -0.05) is 18.2 Å². The van der Waals surface area contributed by atoms with Gasteiger partial charge in [-0.05, 0) is 30.7 Å². The van der Waals surface area contributed by atoms with Crippen molar-refractivity contribution in [2.24, 2.45) is 0 Å². The van der Waals surface area contributed by atoms with Crippen LogP contribution in [0.1, 0.15) is 18.2 Å². The summed E-state index contributed by atoms with van der Waals surface area (Å²) in [5.74, 6) is -0.401. The molecule has 0 spiro atoms. The molecular formula is C16H15ClF3N3O3. The molecule has 0 saturated heterocycles. The number of amides is 1. The number of carbonyl (C=O) groups excluding carboxylic acids is 1. The number of ether oxygens (including phenoxy) is 1. The fourth-order valence-electron chi connectivity index (χ4n) is 1.87. The zero-order valence-electron chi connectivity index (χ0n) is 13.5. The van der Waals surface area contributed by atoms with Gasteiger partial charge < -0.3 is 14.5 Å². The number of hydrogen-bond donors (Lipinski definition) is 1. The standard InChI is InChI=1S/C16H15ClF3N3O3/c1-10(2-7-14-22-23-15(26-14)8-16(18,19)20)21-13(24)9-25-12-5-3-11(17)4-6-12/h3-6H,1-2,7-9H2,(H,21,24). The highest BCUT2D eigenvalue weighted by molar-refractivity contribution is 6.30. The number of hydrogen-bond acceptors (Lipinski definition) is 5. The Bertz CT molecular complexity index is 760. The second-order valence-corrected chi connectivity index (χ2v) is 5.71. The maximum atomic E-state index is 12.2. The highest BCUT2D eigenvalue weighted by Gasteiger charge is 2.30. The Balaban J connectivity index is 1.71. The topological polar surface area (TPSA) is 77.3 Å². The molecule has 2 rings (SSSR count). The lowest BCUT2D eigenvalue weighted by atomic mass is 10.2. The van der Waals surface area contributed by atoms with E-state index in [1.165, 1.54) is 0 Å². The molecule has 0 atom stereocenters. The summed E-state index contributed by atoms with van der Waals surface area (Å²) in [6, 6.07) is 6.51. The first-order valence-electron chi connectivity index (χ1n) is 7.45. The zero-order chi connectivity index (χ0) is 19.2. The number of nitrogens with one attached hydrogen (secondary N) is 1. The number of carbonyl (C=O) groups is 1. The molecule has 1 aromatic heterocycles. The zero-order valence-corrected chi connectivity index (χ0v) is 14.2. The number of rotatable bonds is 8. The summed E-state index contributed by atoms with van der Waals surface area (Å²) >= 11 is 5.74. The first-order valence-corrected chi connectivity index (χ1v) is 7.83. The molecule has 1 N–H and O–H groups in total. The van der Waals surface area contributed by atoms with Gasteiger partial charge in [-0.2, -0.15) is 13.2 Å². The Hall–Kier alpha value is -2.55. The Kier molecular flexibility index (Phi) is 6.62. The van der Waals surface area contributed by atoms with E-state index < -0.39 is 24.4 Å². The van der Waals surface area contributed by atoms with Crippen LogP contribution < -0.4 is 10.1 Å². The molecule has 0 radical (unpaired) electrons. The van der Waals surface area contributed by atoms with Crippen LogP contribution in [0, 0.1) is 0 Å². The van der Waals surface area contributed by atoms with E-state index in [4.69, 9.17) is 20.8 Å². The molecule has 1 amide bonds. The number of alkyl halides is 3. The molecule has 0 aliphatic heterocycles. The van der Waals surface area contributed by atoms with Crippen molar-refractivity contribution in [2.75, 3.05) is 6.61 Å². The molecule has 0 unspecified atom stereocenters. The van der Waals surface area contributed by atoms with Gasteiger partial charge in [0.2, 0.25) is 11.8 Å². The molecule has 0 aliphatic carbocycles. The number of halogens is 4. The summed E-state index contributed by atoms with van der Waals surface area (Å²) in [6.07, 6.45) is -5.30. The summed E-state index contributed by atoms with van der Waals surface area (Å²) in [7, 11) is 0. The second-order valence-electron chi connectivity index (χ2n) is 5.28. The summed E-state index contributed by atoms with van der Waals surface area (Å²) in [4.78, 5) is 11.8. The van der Waals surface area contributed by atoms with Crippen LogP contribution in [0.4, 0.5) is 13.2 Å². The van der Waals surface area contributed by atoms with Gasteiger partial charge in [0, 0.05) is 17.1 Å². The Morgan fingerprint density at radius 3 is 2.54 bits per heavy atom. The smallest absolute Gasteiger partial charge is 0.397 e. The van der Waals surface area contributed by atoms with Crippen molar-refractivity contribution in [3.05, 3.63) is 53.3 Å². The SMILES string of the molecule is C=C(CCc1nnc(CC(F)(F)F)o1)NC(=O)COc1ccc(Cl)cc1. The van der Waals surface area contributed by atoms with Crippen molar-refractivity contribution in [3.8, 4) is 5.75 Å². The first-order chi connectivity index (χ1) is 12.2. The lowest BCUT2D eigenvalue weighted by Crippen LogP contribution is -2.28. The van der Waals surface area contributed by atoms with Crippen LogP contribution in [-0.4, -0.2) is 28.9 Å². The third-order valence-electron chi connectivity index (χ3n) is 3.00. The van der Waals surface area contributed by atoms with Crippen molar-refractivity contribution in [1.82, 2.24) is 15.5 Å². The number of allylic oxidation sites excluding steroid dienone is 1. The fourth-order valence-corrected chi connectivity index (χ4v) is 1.99. The van der Waals surface area contributed by atoms with E-state index in [1.807, 2.05) is 0 Å². The molecule has 10 heteroatoms. The molecule has 0 saturated carbocycles. The van der Waals surface area contributed by atoms with Gasteiger partial charge in [0.1, 0.15) is 12.2 Å². The van der Waals surface area contributed by atoms with Crippen LogP contribution in [0.25, 0.3) is 0 Å². The summed E-state index contributed by atoms with van der Waals surface area (Å²) in [5.41, 5.74) is 0.352. The quantitative estimate of drug-likeness (QED) is 0.748. The van der Waals surface area contributed by atoms with E-state index in [0.717, 1.165) is 0 Å². The lowest BCUT2D eigenvalue weighted by molar-refractivity contribution is -0.131. The maximum absolute atomic E-state index is 12.2. The van der Waals surface area contributed by atoms with Gasteiger partial charge in [0.15, 0.2) is 6.61 Å². The van der Waals surface area contributed by atoms with Crippen LogP contribution in [-0.2, 0) is 17.6 Å². The molecule has 6 nitrogen and oxygen atoms in total. The number of aromatic nitrogens is 2. The highest BCUT2D eigenvalue weighted by atomic mass is 35.5. The van der Waals surface area contributed by atoms with Crippen molar-refractivity contribution in [1.29, 1.82) is 0 Å². The van der Waals surface area contributed by atoms with Crippen molar-refractivity contribution < 1.29 is 27.1 Å². The average Bonchev–Trinajstić information content (AvgIpc) is 2.98. The Labute approximate surface area is 152 Å². The van der Waals surface area contributed by atoms with E-state index in [2.05, 4.69) is 22.1 Å². The molecule has 0 fully saturated rings. The lowest BCUT2D eigenvalue weighted by Gasteiger charge is -2.09. The van der Waals surface area contributed by atoms with Gasteiger partial charge in [0.25, 0.3) is 5.91 Å². The van der Waals surface area contributed by atoms with Crippen LogP contribution in [0.3, 0.4) is 0 Å². The Morgan fingerprint density at radius 2 is 1.88 bits per heavy atom. The van der Waals surface area contributed by atoms with Crippen LogP contribution in [0.15, 0.2) is 41.0 Å². The third-order valence-corrected chi connectivity index (χ3v) is 3.25.